The van der Waals surface area contributed by atoms with E-state index in [1.807, 2.05) is 6.92 Å². The molecule has 0 radical (unpaired) electrons. The third kappa shape index (κ3) is 8.26. The fourth-order valence-electron chi connectivity index (χ4n) is 1.53. The monoisotopic (exact) mass is 386 g/mol. The summed E-state index contributed by atoms with van der Waals surface area (Å²) in [6.07, 6.45) is 0.392. The quantitative estimate of drug-likeness (QED) is 0.412. The first-order chi connectivity index (χ1) is 9.92. The Morgan fingerprint density at radius 1 is 1.09 bits per heavy atom. The Bertz CT molecular complexity index is 501. The molecule has 1 saturated heterocycles. The molecule has 0 aromatic rings. The molecule has 15 heteroatoms. The zero-order chi connectivity index (χ0) is 17.0. The SMILES string of the molecule is CCC[C@H]1COC(COP(=O)(O)OP(=O)(O)OP(=O)(O)O)O1. The molecule has 0 aromatic heterocycles. The zero-order valence-electron chi connectivity index (χ0n) is 11.4. The van der Waals surface area contributed by atoms with Gasteiger partial charge in [0.1, 0.15) is 6.61 Å². The highest BCUT2D eigenvalue weighted by molar-refractivity contribution is 7.66. The molecule has 3 unspecified atom stereocenters. The highest BCUT2D eigenvalue weighted by Crippen LogP contribution is 2.66. The predicted octanol–water partition coefficient (Wildman–Crippen LogP) is 0.871. The van der Waals surface area contributed by atoms with E-state index >= 15 is 0 Å². The van der Waals surface area contributed by atoms with Gasteiger partial charge in [0.05, 0.1) is 12.7 Å². The third-order valence-corrected chi connectivity index (χ3v) is 6.02. The second-order valence-electron chi connectivity index (χ2n) is 4.20. The van der Waals surface area contributed by atoms with E-state index in [2.05, 4.69) is 13.1 Å². The Balaban J connectivity index is 2.46. The Kier molecular flexibility index (Phi) is 7.35. The van der Waals surface area contributed by atoms with Crippen molar-refractivity contribution in [1.29, 1.82) is 0 Å². The molecule has 0 amide bonds. The third-order valence-electron chi connectivity index (χ3n) is 2.21. The van der Waals surface area contributed by atoms with Crippen LogP contribution in [0.4, 0.5) is 0 Å². The van der Waals surface area contributed by atoms with Gasteiger partial charge in [0.2, 0.25) is 0 Å². The predicted molar refractivity (Wildman–Crippen MR) is 69.3 cm³/mol. The molecule has 1 fully saturated rings. The Morgan fingerprint density at radius 2 is 1.73 bits per heavy atom. The molecule has 0 aromatic carbocycles. The molecule has 12 nitrogen and oxygen atoms in total. The van der Waals surface area contributed by atoms with Gasteiger partial charge in [-0.05, 0) is 6.42 Å². The van der Waals surface area contributed by atoms with Crippen molar-refractivity contribution < 1.29 is 55.9 Å². The topological polar surface area (TPSA) is 178 Å². The van der Waals surface area contributed by atoms with Crippen LogP contribution in [0, 0.1) is 0 Å². The van der Waals surface area contributed by atoms with Crippen LogP contribution in [0.15, 0.2) is 0 Å². The van der Waals surface area contributed by atoms with Gasteiger partial charge in [-0.2, -0.15) is 8.62 Å². The average Bonchev–Trinajstić information content (AvgIpc) is 2.70. The number of phosphoric acid groups is 3. The van der Waals surface area contributed by atoms with E-state index < -0.39 is 36.4 Å². The molecule has 1 rings (SSSR count). The number of hydrogen-bond acceptors (Lipinski definition) is 8. The van der Waals surface area contributed by atoms with Gasteiger partial charge in [0.25, 0.3) is 0 Å². The maximum atomic E-state index is 11.4. The van der Waals surface area contributed by atoms with E-state index in [0.29, 0.717) is 6.42 Å². The standard InChI is InChI=1S/C7H17O12P3/c1-2-3-6-4-15-7(17-6)5-16-21(11,12)19-22(13,14)18-20(8,9)10/h6-7H,2-5H2,1H3,(H,11,12)(H,13,14)(H2,8,9,10)/t6-,7?/m0/s1. The van der Waals surface area contributed by atoms with Crippen LogP contribution in [0.25, 0.3) is 0 Å². The van der Waals surface area contributed by atoms with Crippen molar-refractivity contribution >= 4 is 23.5 Å². The van der Waals surface area contributed by atoms with Gasteiger partial charge in [-0.25, -0.2) is 13.7 Å². The second kappa shape index (κ2) is 7.94. The van der Waals surface area contributed by atoms with Crippen LogP contribution in [0.3, 0.4) is 0 Å². The van der Waals surface area contributed by atoms with Crippen LogP contribution in [0.5, 0.6) is 0 Å². The molecular formula is C7H17O12P3. The first-order valence-electron chi connectivity index (χ1n) is 5.98. The van der Waals surface area contributed by atoms with Crippen LogP contribution < -0.4 is 0 Å². The minimum absolute atomic E-state index is 0.195. The number of phosphoric ester groups is 1. The Hall–Kier alpha value is 0.330. The van der Waals surface area contributed by atoms with Gasteiger partial charge in [-0.3, -0.25) is 4.52 Å². The second-order valence-corrected chi connectivity index (χ2v) is 8.62. The lowest BCUT2D eigenvalue weighted by atomic mass is 10.2. The summed E-state index contributed by atoms with van der Waals surface area (Å²) in [5.41, 5.74) is 0. The lowest BCUT2D eigenvalue weighted by Crippen LogP contribution is -2.17. The van der Waals surface area contributed by atoms with Gasteiger partial charge in [0.15, 0.2) is 6.29 Å². The van der Waals surface area contributed by atoms with Gasteiger partial charge in [-0.15, -0.1) is 0 Å². The summed E-state index contributed by atoms with van der Waals surface area (Å²) < 4.78 is 54.8. The summed E-state index contributed by atoms with van der Waals surface area (Å²) in [5.74, 6) is 0. The summed E-state index contributed by atoms with van der Waals surface area (Å²) >= 11 is 0. The number of rotatable bonds is 9. The first kappa shape index (κ1) is 20.4. The van der Waals surface area contributed by atoms with Crippen molar-refractivity contribution in [2.45, 2.75) is 32.2 Å². The summed E-state index contributed by atoms with van der Waals surface area (Å²) in [6.45, 7) is 1.60. The van der Waals surface area contributed by atoms with Crippen molar-refractivity contribution in [3.8, 4) is 0 Å². The molecule has 22 heavy (non-hydrogen) atoms. The van der Waals surface area contributed by atoms with Crippen molar-refractivity contribution in [2.75, 3.05) is 13.2 Å². The van der Waals surface area contributed by atoms with Crippen molar-refractivity contribution in [1.82, 2.24) is 0 Å². The van der Waals surface area contributed by atoms with E-state index in [0.717, 1.165) is 6.42 Å². The minimum atomic E-state index is -5.50. The first-order valence-corrected chi connectivity index (χ1v) is 10.5. The molecule has 132 valence electrons. The molecule has 1 aliphatic heterocycles. The molecule has 1 aliphatic rings. The van der Waals surface area contributed by atoms with E-state index in [4.69, 9.17) is 24.2 Å². The Labute approximate surface area is 125 Å². The molecule has 1 heterocycles. The fraction of sp³-hybridized carbons (Fsp3) is 1.00. The van der Waals surface area contributed by atoms with Crippen LogP contribution in [-0.4, -0.2) is 45.2 Å². The molecule has 4 N–H and O–H groups in total. The van der Waals surface area contributed by atoms with E-state index in [1.54, 1.807) is 0 Å². The number of ether oxygens (including phenoxy) is 2. The summed E-state index contributed by atoms with van der Waals surface area (Å²) in [6, 6.07) is 0. The average molecular weight is 386 g/mol. The zero-order valence-corrected chi connectivity index (χ0v) is 14.1. The smallest absolute Gasteiger partial charge is 0.348 e. The fourth-order valence-corrected chi connectivity index (χ4v) is 4.53. The van der Waals surface area contributed by atoms with Gasteiger partial charge < -0.3 is 29.0 Å². The van der Waals surface area contributed by atoms with Crippen molar-refractivity contribution in [3.05, 3.63) is 0 Å². The maximum absolute atomic E-state index is 11.4. The van der Waals surface area contributed by atoms with Gasteiger partial charge in [-0.1, -0.05) is 13.3 Å². The highest BCUT2D eigenvalue weighted by atomic mass is 31.3. The van der Waals surface area contributed by atoms with Crippen LogP contribution in [0.1, 0.15) is 19.8 Å². The molecule has 0 saturated carbocycles. The van der Waals surface area contributed by atoms with E-state index in [-0.39, 0.29) is 12.7 Å². The molecule has 0 aliphatic carbocycles. The van der Waals surface area contributed by atoms with E-state index in [9.17, 15) is 18.6 Å². The van der Waals surface area contributed by atoms with Gasteiger partial charge in [0, 0.05) is 0 Å². The normalized spacial score (nSPS) is 28.2. The molecule has 0 spiro atoms. The highest BCUT2D eigenvalue weighted by Gasteiger charge is 2.41. The lowest BCUT2D eigenvalue weighted by Gasteiger charge is -2.17. The largest absolute Gasteiger partial charge is 0.490 e. The van der Waals surface area contributed by atoms with Crippen LogP contribution in [0.2, 0.25) is 0 Å². The lowest BCUT2D eigenvalue weighted by molar-refractivity contribution is -0.0865. The van der Waals surface area contributed by atoms with E-state index in [1.165, 1.54) is 0 Å². The summed E-state index contributed by atoms with van der Waals surface area (Å²) in [5, 5.41) is 0. The maximum Gasteiger partial charge on any atom is 0.490 e. The minimum Gasteiger partial charge on any atom is -0.348 e. The summed E-state index contributed by atoms with van der Waals surface area (Å²) in [4.78, 5) is 34.9. The van der Waals surface area contributed by atoms with Crippen molar-refractivity contribution in [3.63, 3.8) is 0 Å². The Morgan fingerprint density at radius 3 is 2.27 bits per heavy atom. The van der Waals surface area contributed by atoms with Crippen molar-refractivity contribution in [2.24, 2.45) is 0 Å². The number of hydrogen-bond donors (Lipinski definition) is 4. The molecule has 0 bridgehead atoms. The summed E-state index contributed by atoms with van der Waals surface area (Å²) in [7, 11) is -16.0. The van der Waals surface area contributed by atoms with Crippen LogP contribution in [-0.2, 0) is 36.3 Å². The molecular weight excluding hydrogens is 369 g/mol. The van der Waals surface area contributed by atoms with Gasteiger partial charge >= 0.3 is 23.5 Å². The van der Waals surface area contributed by atoms with Crippen LogP contribution >= 0.6 is 23.5 Å². The molecule has 4 atom stereocenters.